The fourth-order valence-electron chi connectivity index (χ4n) is 2.93. The van der Waals surface area contributed by atoms with Crippen LogP contribution in [0.5, 0.6) is 0 Å². The van der Waals surface area contributed by atoms with Crippen LogP contribution in [-0.4, -0.2) is 50.6 Å². The maximum absolute atomic E-state index is 5.80. The Hall–Kier alpha value is -0.900. The monoisotopic (exact) mass is 261 g/mol. The highest BCUT2D eigenvalue weighted by molar-refractivity contribution is 5.26. The van der Waals surface area contributed by atoms with Gasteiger partial charge in [0.1, 0.15) is 0 Å². The Morgan fingerprint density at radius 2 is 1.95 bits per heavy atom. The summed E-state index contributed by atoms with van der Waals surface area (Å²) in [6, 6.07) is 9.71. The molecule has 0 aromatic heterocycles. The molecule has 3 nitrogen and oxygen atoms in total. The van der Waals surface area contributed by atoms with Gasteiger partial charge in [-0.2, -0.15) is 0 Å². The molecule has 0 aliphatic carbocycles. The molecule has 2 atom stereocenters. The van der Waals surface area contributed by atoms with Gasteiger partial charge in [0.15, 0.2) is 0 Å². The smallest absolute Gasteiger partial charge is 0.0348 e. The zero-order valence-electron chi connectivity index (χ0n) is 12.5. The van der Waals surface area contributed by atoms with Gasteiger partial charge in [-0.1, -0.05) is 24.3 Å². The number of nitrogens with zero attached hydrogens (tertiary/aromatic N) is 2. The number of benzene rings is 1. The molecule has 1 aromatic carbocycles. The van der Waals surface area contributed by atoms with Crippen LogP contribution in [0.2, 0.25) is 0 Å². The van der Waals surface area contributed by atoms with E-state index >= 15 is 0 Å². The second-order valence-electron chi connectivity index (χ2n) is 6.09. The molecular formula is C16H27N3. The molecule has 1 aliphatic rings. The third-order valence-corrected chi connectivity index (χ3v) is 4.18. The minimum atomic E-state index is 0.552. The van der Waals surface area contributed by atoms with E-state index < -0.39 is 0 Å². The lowest BCUT2D eigenvalue weighted by atomic mass is 9.98. The van der Waals surface area contributed by atoms with Crippen LogP contribution in [0, 0.1) is 5.92 Å². The summed E-state index contributed by atoms with van der Waals surface area (Å²) in [4.78, 5) is 4.66. The summed E-state index contributed by atoms with van der Waals surface area (Å²) in [5.74, 6) is 0.656. The van der Waals surface area contributed by atoms with Crippen molar-refractivity contribution in [3.63, 3.8) is 0 Å². The molecule has 1 heterocycles. The summed E-state index contributed by atoms with van der Waals surface area (Å²) in [7, 11) is 6.45. The van der Waals surface area contributed by atoms with Crippen molar-refractivity contribution >= 4 is 0 Å². The van der Waals surface area contributed by atoms with E-state index in [4.69, 9.17) is 5.73 Å². The molecular weight excluding hydrogens is 234 g/mol. The average molecular weight is 261 g/mol. The van der Waals surface area contributed by atoms with Crippen molar-refractivity contribution in [1.29, 1.82) is 0 Å². The first-order valence-electron chi connectivity index (χ1n) is 7.24. The normalized spacial score (nSPS) is 24.3. The van der Waals surface area contributed by atoms with Crippen molar-refractivity contribution in [2.45, 2.75) is 18.9 Å². The first kappa shape index (κ1) is 14.5. The molecule has 1 saturated heterocycles. The van der Waals surface area contributed by atoms with Crippen molar-refractivity contribution in [2.24, 2.45) is 11.7 Å². The first-order valence-corrected chi connectivity index (χ1v) is 7.24. The van der Waals surface area contributed by atoms with Crippen molar-refractivity contribution in [2.75, 3.05) is 40.8 Å². The van der Waals surface area contributed by atoms with Gasteiger partial charge in [0.05, 0.1) is 0 Å². The van der Waals surface area contributed by atoms with Gasteiger partial charge >= 0.3 is 0 Å². The molecule has 2 unspecified atom stereocenters. The molecule has 2 N–H and O–H groups in total. The number of likely N-dealkylation sites (N-methyl/N-ethyl adjacent to an activating group) is 1. The third kappa shape index (κ3) is 3.78. The van der Waals surface area contributed by atoms with Crippen LogP contribution < -0.4 is 5.73 Å². The van der Waals surface area contributed by atoms with Gasteiger partial charge in [-0.15, -0.1) is 0 Å². The number of nitrogens with two attached hydrogens (primary N) is 1. The second-order valence-corrected chi connectivity index (χ2v) is 6.09. The Morgan fingerprint density at radius 1 is 1.26 bits per heavy atom. The van der Waals surface area contributed by atoms with E-state index in [0.717, 1.165) is 26.1 Å². The zero-order valence-corrected chi connectivity index (χ0v) is 12.5. The number of hydrogen-bond acceptors (Lipinski definition) is 3. The maximum atomic E-state index is 5.80. The molecule has 0 spiro atoms. The van der Waals surface area contributed by atoms with Crippen LogP contribution in [0.4, 0.5) is 0 Å². The van der Waals surface area contributed by atoms with Gasteiger partial charge < -0.3 is 10.6 Å². The molecule has 2 rings (SSSR count). The molecule has 19 heavy (non-hydrogen) atoms. The number of hydrogen-bond donors (Lipinski definition) is 1. The Kier molecular flexibility index (Phi) is 4.97. The summed E-state index contributed by atoms with van der Waals surface area (Å²) in [6.07, 6.45) is 2.32. The number of likely N-dealkylation sites (tertiary alicyclic amines) is 1. The molecule has 0 bridgehead atoms. The Balaban J connectivity index is 1.98. The van der Waals surface area contributed by atoms with Crippen molar-refractivity contribution in [3.8, 4) is 0 Å². The van der Waals surface area contributed by atoms with E-state index in [1.165, 1.54) is 17.5 Å². The zero-order chi connectivity index (χ0) is 13.8. The molecule has 0 amide bonds. The van der Waals surface area contributed by atoms with E-state index in [-0.39, 0.29) is 0 Å². The lowest BCUT2D eigenvalue weighted by Gasteiger charge is -2.20. The minimum absolute atomic E-state index is 0.552. The van der Waals surface area contributed by atoms with E-state index in [9.17, 15) is 0 Å². The Bertz CT molecular complexity index is 385. The fraction of sp³-hybridized carbons (Fsp3) is 0.625. The topological polar surface area (TPSA) is 32.5 Å². The molecule has 106 valence electrons. The highest BCUT2D eigenvalue weighted by atomic mass is 15.2. The van der Waals surface area contributed by atoms with E-state index in [0.29, 0.717) is 12.0 Å². The van der Waals surface area contributed by atoms with E-state index in [1.807, 2.05) is 0 Å². The highest BCUT2D eigenvalue weighted by Crippen LogP contribution is 2.33. The van der Waals surface area contributed by atoms with Crippen LogP contribution in [0.3, 0.4) is 0 Å². The highest BCUT2D eigenvalue weighted by Gasteiger charge is 2.29. The predicted octanol–water partition coefficient (Wildman–Crippen LogP) is 1.74. The van der Waals surface area contributed by atoms with Gasteiger partial charge in [-0.05, 0) is 57.6 Å². The molecule has 1 aliphatic heterocycles. The third-order valence-electron chi connectivity index (χ3n) is 4.18. The molecule has 0 radical (unpaired) electrons. The largest absolute Gasteiger partial charge is 0.330 e. The first-order chi connectivity index (χ1) is 9.10. The van der Waals surface area contributed by atoms with Gasteiger partial charge in [-0.3, -0.25) is 4.90 Å². The average Bonchev–Trinajstić information content (AvgIpc) is 2.78. The molecule has 0 saturated carbocycles. The number of rotatable bonds is 5. The summed E-state index contributed by atoms with van der Waals surface area (Å²) in [5, 5.41) is 0. The van der Waals surface area contributed by atoms with Gasteiger partial charge in [0.2, 0.25) is 0 Å². The van der Waals surface area contributed by atoms with Crippen molar-refractivity contribution in [3.05, 3.63) is 35.4 Å². The SMILES string of the molecule is CN(C)CCc1ccc(C2CC(CN)CN2C)cc1. The van der Waals surface area contributed by atoms with Crippen LogP contribution in [0.1, 0.15) is 23.6 Å². The standard InChI is InChI=1S/C16H27N3/c1-18(2)9-8-13-4-6-15(7-5-13)16-10-14(11-17)12-19(16)3/h4-7,14,16H,8-12,17H2,1-3H3. The minimum Gasteiger partial charge on any atom is -0.330 e. The summed E-state index contributed by atoms with van der Waals surface area (Å²) < 4.78 is 0. The van der Waals surface area contributed by atoms with Crippen LogP contribution in [0.25, 0.3) is 0 Å². The van der Waals surface area contributed by atoms with Gasteiger partial charge in [0, 0.05) is 19.1 Å². The van der Waals surface area contributed by atoms with E-state index in [2.05, 4.69) is 55.2 Å². The molecule has 1 aromatic rings. The maximum Gasteiger partial charge on any atom is 0.0348 e. The van der Waals surface area contributed by atoms with Gasteiger partial charge in [0.25, 0.3) is 0 Å². The van der Waals surface area contributed by atoms with Crippen LogP contribution >= 0.6 is 0 Å². The molecule has 1 fully saturated rings. The quantitative estimate of drug-likeness (QED) is 0.876. The van der Waals surface area contributed by atoms with Crippen molar-refractivity contribution in [1.82, 2.24) is 9.80 Å². The molecule has 3 heteroatoms. The van der Waals surface area contributed by atoms with Gasteiger partial charge in [-0.25, -0.2) is 0 Å². The lowest BCUT2D eigenvalue weighted by Crippen LogP contribution is -2.20. The van der Waals surface area contributed by atoms with Crippen LogP contribution in [-0.2, 0) is 6.42 Å². The Morgan fingerprint density at radius 3 is 2.47 bits per heavy atom. The summed E-state index contributed by atoms with van der Waals surface area (Å²) in [6.45, 7) is 3.04. The summed E-state index contributed by atoms with van der Waals surface area (Å²) in [5.41, 5.74) is 8.66. The van der Waals surface area contributed by atoms with Crippen LogP contribution in [0.15, 0.2) is 24.3 Å². The predicted molar refractivity (Wildman–Crippen MR) is 81.2 cm³/mol. The second kappa shape index (κ2) is 6.51. The fourth-order valence-corrected chi connectivity index (χ4v) is 2.93. The lowest BCUT2D eigenvalue weighted by molar-refractivity contribution is 0.313. The Labute approximate surface area is 117 Å². The van der Waals surface area contributed by atoms with E-state index in [1.54, 1.807) is 0 Å². The summed E-state index contributed by atoms with van der Waals surface area (Å²) >= 11 is 0. The van der Waals surface area contributed by atoms with Crippen molar-refractivity contribution < 1.29 is 0 Å².